The van der Waals surface area contributed by atoms with Crippen molar-refractivity contribution in [2.75, 3.05) is 45.8 Å². The molecule has 0 atom stereocenters. The van der Waals surface area contributed by atoms with Crippen LogP contribution in [0.25, 0.3) is 0 Å². The van der Waals surface area contributed by atoms with E-state index in [1.54, 1.807) is 6.26 Å². The first-order chi connectivity index (χ1) is 10.4. The maximum atomic E-state index is 5.07. The standard InChI is InChI=1S/C17H29N3O/c1-2-8-20(7-1)14-16-3-9-19(10-4-16)11-6-18-13-17-5-12-21-15-17/h5,12,15-16,18H,1-4,6-11,13-14H2. The van der Waals surface area contributed by atoms with Crippen molar-refractivity contribution in [3.05, 3.63) is 24.2 Å². The quantitative estimate of drug-likeness (QED) is 0.780. The van der Waals surface area contributed by atoms with Crippen LogP contribution in [0.1, 0.15) is 31.2 Å². The fourth-order valence-electron chi connectivity index (χ4n) is 3.59. The molecule has 0 radical (unpaired) electrons. The number of hydrogen-bond acceptors (Lipinski definition) is 4. The molecule has 0 unspecified atom stereocenters. The lowest BCUT2D eigenvalue weighted by molar-refractivity contribution is 0.154. The monoisotopic (exact) mass is 291 g/mol. The third-order valence-electron chi connectivity index (χ3n) is 4.94. The second-order valence-corrected chi connectivity index (χ2v) is 6.60. The average Bonchev–Trinajstić information content (AvgIpc) is 3.19. The highest BCUT2D eigenvalue weighted by atomic mass is 16.3. The van der Waals surface area contributed by atoms with Crippen molar-refractivity contribution < 1.29 is 4.42 Å². The largest absolute Gasteiger partial charge is 0.472 e. The van der Waals surface area contributed by atoms with Gasteiger partial charge in [-0.25, -0.2) is 0 Å². The van der Waals surface area contributed by atoms with Gasteiger partial charge in [-0.05, 0) is 63.8 Å². The number of nitrogens with zero attached hydrogens (tertiary/aromatic N) is 2. The third-order valence-corrected chi connectivity index (χ3v) is 4.94. The molecule has 21 heavy (non-hydrogen) atoms. The van der Waals surface area contributed by atoms with Gasteiger partial charge in [0.15, 0.2) is 0 Å². The molecular formula is C17H29N3O. The first-order valence-electron chi connectivity index (χ1n) is 8.56. The summed E-state index contributed by atoms with van der Waals surface area (Å²) < 4.78 is 5.07. The number of nitrogens with one attached hydrogen (secondary N) is 1. The number of rotatable bonds is 7. The van der Waals surface area contributed by atoms with Crippen molar-refractivity contribution in [2.24, 2.45) is 5.92 Å². The Bertz CT molecular complexity index is 379. The summed E-state index contributed by atoms with van der Waals surface area (Å²) in [5, 5.41) is 3.50. The van der Waals surface area contributed by atoms with Crippen LogP contribution >= 0.6 is 0 Å². The van der Waals surface area contributed by atoms with Crippen molar-refractivity contribution in [3.8, 4) is 0 Å². The van der Waals surface area contributed by atoms with Crippen molar-refractivity contribution in [1.29, 1.82) is 0 Å². The molecule has 0 amide bonds. The molecule has 0 spiro atoms. The minimum Gasteiger partial charge on any atom is -0.472 e. The summed E-state index contributed by atoms with van der Waals surface area (Å²) >= 11 is 0. The first-order valence-corrected chi connectivity index (χ1v) is 8.56. The first kappa shape index (κ1) is 15.1. The summed E-state index contributed by atoms with van der Waals surface area (Å²) in [7, 11) is 0. The summed E-state index contributed by atoms with van der Waals surface area (Å²) in [5.74, 6) is 0.943. The smallest absolute Gasteiger partial charge is 0.0947 e. The molecule has 2 aliphatic heterocycles. The van der Waals surface area contributed by atoms with E-state index in [1.165, 1.54) is 70.5 Å². The van der Waals surface area contributed by atoms with Gasteiger partial charge in [-0.1, -0.05) is 0 Å². The van der Waals surface area contributed by atoms with E-state index in [1.807, 2.05) is 12.3 Å². The molecule has 0 aromatic carbocycles. The maximum absolute atomic E-state index is 5.07. The highest BCUT2D eigenvalue weighted by Gasteiger charge is 2.22. The Morgan fingerprint density at radius 2 is 1.90 bits per heavy atom. The SMILES string of the molecule is c1cc(CNCCN2CCC(CN3CCCC3)CC2)co1. The molecule has 0 aliphatic carbocycles. The third kappa shape index (κ3) is 4.83. The molecule has 1 aromatic heterocycles. The fourth-order valence-corrected chi connectivity index (χ4v) is 3.59. The van der Waals surface area contributed by atoms with Crippen LogP contribution in [-0.2, 0) is 6.54 Å². The fraction of sp³-hybridized carbons (Fsp3) is 0.765. The normalized spacial score (nSPS) is 22.1. The molecule has 4 heteroatoms. The Kier molecular flexibility index (Phi) is 5.72. The zero-order valence-corrected chi connectivity index (χ0v) is 13.1. The summed E-state index contributed by atoms with van der Waals surface area (Å²) in [6.07, 6.45) is 9.16. The molecular weight excluding hydrogens is 262 g/mol. The van der Waals surface area contributed by atoms with Crippen LogP contribution in [0.3, 0.4) is 0 Å². The molecule has 2 saturated heterocycles. The van der Waals surface area contributed by atoms with E-state index >= 15 is 0 Å². The highest BCUT2D eigenvalue weighted by molar-refractivity contribution is 5.04. The van der Waals surface area contributed by atoms with Crippen molar-refractivity contribution in [3.63, 3.8) is 0 Å². The van der Waals surface area contributed by atoms with Crippen molar-refractivity contribution >= 4 is 0 Å². The lowest BCUT2D eigenvalue weighted by Gasteiger charge is -2.33. The van der Waals surface area contributed by atoms with Crippen LogP contribution in [0.2, 0.25) is 0 Å². The Morgan fingerprint density at radius 1 is 1.10 bits per heavy atom. The topological polar surface area (TPSA) is 31.6 Å². The van der Waals surface area contributed by atoms with Crippen LogP contribution in [0.4, 0.5) is 0 Å². The predicted molar refractivity (Wildman–Crippen MR) is 85.3 cm³/mol. The Morgan fingerprint density at radius 3 is 2.62 bits per heavy atom. The lowest BCUT2D eigenvalue weighted by atomic mass is 9.96. The van der Waals surface area contributed by atoms with Crippen LogP contribution in [0.15, 0.2) is 23.0 Å². The van der Waals surface area contributed by atoms with E-state index in [-0.39, 0.29) is 0 Å². The van der Waals surface area contributed by atoms with Gasteiger partial charge in [-0.3, -0.25) is 0 Å². The molecule has 1 N–H and O–H groups in total. The zero-order chi connectivity index (χ0) is 14.3. The van der Waals surface area contributed by atoms with Crippen molar-refractivity contribution in [2.45, 2.75) is 32.2 Å². The Balaban J connectivity index is 1.25. The number of piperidine rings is 1. The molecule has 3 heterocycles. The zero-order valence-electron chi connectivity index (χ0n) is 13.1. The highest BCUT2D eigenvalue weighted by Crippen LogP contribution is 2.20. The predicted octanol–water partition coefficient (Wildman–Crippen LogP) is 2.18. The van der Waals surface area contributed by atoms with Crippen LogP contribution < -0.4 is 5.32 Å². The van der Waals surface area contributed by atoms with E-state index in [4.69, 9.17) is 4.42 Å². The Hall–Kier alpha value is -0.840. The lowest BCUT2D eigenvalue weighted by Crippen LogP contribution is -2.40. The van der Waals surface area contributed by atoms with Gasteiger partial charge in [-0.2, -0.15) is 0 Å². The molecule has 2 aliphatic rings. The number of furan rings is 1. The minimum atomic E-state index is 0.919. The van der Waals surface area contributed by atoms with Gasteiger partial charge in [0.05, 0.1) is 12.5 Å². The van der Waals surface area contributed by atoms with E-state index in [0.717, 1.165) is 19.0 Å². The number of likely N-dealkylation sites (tertiary alicyclic amines) is 2. The molecule has 4 nitrogen and oxygen atoms in total. The molecule has 3 rings (SSSR count). The molecule has 0 saturated carbocycles. The van der Waals surface area contributed by atoms with E-state index in [9.17, 15) is 0 Å². The summed E-state index contributed by atoms with van der Waals surface area (Å²) in [6.45, 7) is 9.78. The Labute approximate surface area is 128 Å². The second-order valence-electron chi connectivity index (χ2n) is 6.60. The molecule has 1 aromatic rings. The van der Waals surface area contributed by atoms with Gasteiger partial charge >= 0.3 is 0 Å². The number of hydrogen-bond donors (Lipinski definition) is 1. The van der Waals surface area contributed by atoms with Gasteiger partial charge in [0, 0.05) is 31.7 Å². The summed E-state index contributed by atoms with van der Waals surface area (Å²) in [4.78, 5) is 5.29. The van der Waals surface area contributed by atoms with Gasteiger partial charge < -0.3 is 19.5 Å². The van der Waals surface area contributed by atoms with Gasteiger partial charge in [0.2, 0.25) is 0 Å². The molecule has 118 valence electrons. The van der Waals surface area contributed by atoms with Gasteiger partial charge in [-0.15, -0.1) is 0 Å². The van der Waals surface area contributed by atoms with E-state index < -0.39 is 0 Å². The van der Waals surface area contributed by atoms with Crippen LogP contribution in [0, 0.1) is 5.92 Å². The second kappa shape index (κ2) is 7.97. The minimum absolute atomic E-state index is 0.919. The van der Waals surface area contributed by atoms with Gasteiger partial charge in [0.1, 0.15) is 0 Å². The summed E-state index contributed by atoms with van der Waals surface area (Å²) in [6, 6.07) is 2.02. The van der Waals surface area contributed by atoms with Crippen LogP contribution in [0.5, 0.6) is 0 Å². The maximum Gasteiger partial charge on any atom is 0.0947 e. The summed E-state index contributed by atoms with van der Waals surface area (Å²) in [5.41, 5.74) is 1.24. The van der Waals surface area contributed by atoms with Crippen LogP contribution in [-0.4, -0.2) is 55.6 Å². The molecule has 2 fully saturated rings. The van der Waals surface area contributed by atoms with E-state index in [0.29, 0.717) is 0 Å². The average molecular weight is 291 g/mol. The van der Waals surface area contributed by atoms with E-state index in [2.05, 4.69) is 15.1 Å². The molecule has 0 bridgehead atoms. The van der Waals surface area contributed by atoms with Crippen molar-refractivity contribution in [1.82, 2.24) is 15.1 Å². The van der Waals surface area contributed by atoms with Gasteiger partial charge in [0.25, 0.3) is 0 Å².